The molecule has 0 saturated heterocycles. The fourth-order valence-electron chi connectivity index (χ4n) is 0.684. The van der Waals surface area contributed by atoms with Crippen LogP contribution in [0.1, 0.15) is 12.8 Å². The Balaban J connectivity index is -0.000000240. The predicted molar refractivity (Wildman–Crippen MR) is 36.6 cm³/mol. The van der Waals surface area contributed by atoms with Gasteiger partial charge in [-0.15, -0.1) is 0 Å². The molecule has 0 aliphatic rings. The maximum absolute atomic E-state index is 10.3. The fraction of sp³-hybridized carbons (Fsp3) is 0.500. The average molecular weight is 274 g/mol. The molecule has 0 aromatic heterocycles. The number of carbonyl (C=O) groups is 3. The van der Waals surface area contributed by atoms with Crippen molar-refractivity contribution in [3.8, 4) is 0 Å². The number of carboxylic acids is 2. The second-order valence-corrected chi connectivity index (χ2v) is 2.87. The van der Waals surface area contributed by atoms with Crippen LogP contribution in [0.4, 0.5) is 0 Å². The van der Waals surface area contributed by atoms with Gasteiger partial charge in [-0.25, -0.2) is 0 Å². The van der Waals surface area contributed by atoms with E-state index in [0.29, 0.717) is 0 Å². The van der Waals surface area contributed by atoms with Gasteiger partial charge in [-0.05, 0) is 0 Å². The van der Waals surface area contributed by atoms with Crippen molar-refractivity contribution < 1.29 is 118 Å². The number of aliphatic hydroxyl groups is 1. The van der Waals surface area contributed by atoms with Crippen molar-refractivity contribution in [1.29, 1.82) is 0 Å². The van der Waals surface area contributed by atoms with Crippen molar-refractivity contribution in [3.63, 3.8) is 0 Å². The van der Waals surface area contributed by atoms with E-state index in [-0.39, 0.29) is 88.7 Å². The molecule has 74 valence electrons. The average Bonchev–Trinajstić information content (AvgIpc) is 1.82. The zero-order valence-electron chi connectivity index (χ0n) is 9.31. The van der Waals surface area contributed by atoms with Crippen molar-refractivity contribution in [2.75, 3.05) is 0 Å². The third kappa shape index (κ3) is 10.9. The molecule has 0 rings (SSSR count). The minimum Gasteiger partial charge on any atom is -0.742 e. The SMILES string of the molecule is O=C([O-])CC(O)(CC(=O)[S-])C(=O)[O-].[Na+].[Na+].[Na+]. The van der Waals surface area contributed by atoms with Gasteiger partial charge < -0.3 is 42.3 Å². The van der Waals surface area contributed by atoms with Crippen LogP contribution in [0, 0.1) is 0 Å². The van der Waals surface area contributed by atoms with E-state index in [4.69, 9.17) is 5.11 Å². The largest absolute Gasteiger partial charge is 1.00 e. The zero-order chi connectivity index (χ0) is 10.6. The van der Waals surface area contributed by atoms with Gasteiger partial charge >= 0.3 is 88.7 Å². The molecule has 1 unspecified atom stereocenters. The molecule has 16 heavy (non-hydrogen) atoms. The summed E-state index contributed by atoms with van der Waals surface area (Å²) >= 11 is 4.00. The molecular formula is C6H5Na3O6S. The second kappa shape index (κ2) is 11.9. The number of aliphatic carboxylic acids is 2. The summed E-state index contributed by atoms with van der Waals surface area (Å²) in [5.74, 6) is -3.86. The third-order valence-electron chi connectivity index (χ3n) is 1.25. The summed E-state index contributed by atoms with van der Waals surface area (Å²) in [4.78, 5) is 30.5. The minimum absolute atomic E-state index is 0. The summed E-state index contributed by atoms with van der Waals surface area (Å²) in [6, 6.07) is 0. The van der Waals surface area contributed by atoms with Crippen LogP contribution in [0.5, 0.6) is 0 Å². The molecule has 0 aliphatic carbocycles. The van der Waals surface area contributed by atoms with Crippen LogP contribution < -0.4 is 98.9 Å². The van der Waals surface area contributed by atoms with E-state index in [1.807, 2.05) is 0 Å². The van der Waals surface area contributed by atoms with Gasteiger partial charge in [0.05, 0.1) is 5.97 Å². The molecule has 0 bridgehead atoms. The van der Waals surface area contributed by atoms with Crippen molar-refractivity contribution in [3.05, 3.63) is 0 Å². The van der Waals surface area contributed by atoms with Gasteiger partial charge in [0.25, 0.3) is 0 Å². The van der Waals surface area contributed by atoms with Crippen LogP contribution in [0.3, 0.4) is 0 Å². The molecule has 1 atom stereocenters. The first-order valence-corrected chi connectivity index (χ1v) is 3.52. The summed E-state index contributed by atoms with van der Waals surface area (Å²) in [5.41, 5.74) is -2.77. The van der Waals surface area contributed by atoms with Crippen molar-refractivity contribution in [2.24, 2.45) is 0 Å². The Morgan fingerprint density at radius 3 is 1.62 bits per heavy atom. The van der Waals surface area contributed by atoms with Gasteiger partial charge in [0.2, 0.25) is 0 Å². The summed E-state index contributed by atoms with van der Waals surface area (Å²) in [6.45, 7) is 0. The Hall–Kier alpha value is 1.79. The van der Waals surface area contributed by atoms with Crippen molar-refractivity contribution in [2.45, 2.75) is 18.4 Å². The van der Waals surface area contributed by atoms with E-state index in [9.17, 15) is 24.6 Å². The molecule has 0 fully saturated rings. The van der Waals surface area contributed by atoms with Crippen LogP contribution in [-0.2, 0) is 27.0 Å². The molecule has 0 aromatic carbocycles. The maximum Gasteiger partial charge on any atom is 1.00 e. The standard InChI is InChI=1S/C6H8O6S.3Na/c7-3(8)1-6(12,5(10)11)2-4(9)13;;;/h12H,1-2H2,(H,7,8)(H,9,13)(H,10,11);;;/q;3*+1/p-3. The Kier molecular flexibility index (Phi) is 19.5. The van der Waals surface area contributed by atoms with E-state index < -0.39 is 35.5 Å². The van der Waals surface area contributed by atoms with Crippen molar-refractivity contribution >= 4 is 29.7 Å². The van der Waals surface area contributed by atoms with E-state index in [0.717, 1.165) is 0 Å². The minimum atomic E-state index is -2.77. The van der Waals surface area contributed by atoms with Crippen molar-refractivity contribution in [1.82, 2.24) is 0 Å². The van der Waals surface area contributed by atoms with Crippen LogP contribution in [0.2, 0.25) is 0 Å². The molecule has 0 amide bonds. The van der Waals surface area contributed by atoms with Gasteiger partial charge in [0, 0.05) is 23.9 Å². The molecule has 0 aromatic rings. The number of hydrogen-bond acceptors (Lipinski definition) is 7. The second-order valence-electron chi connectivity index (χ2n) is 2.42. The van der Waals surface area contributed by atoms with E-state index >= 15 is 0 Å². The normalized spacial score (nSPS) is 11.8. The summed E-state index contributed by atoms with van der Waals surface area (Å²) in [6.07, 6.45) is -2.21. The summed E-state index contributed by atoms with van der Waals surface area (Å²) in [7, 11) is 0. The predicted octanol–water partition coefficient (Wildman–Crippen LogP) is -12.9. The number of carboxylic acid groups (broad SMARTS) is 2. The molecule has 10 heteroatoms. The molecule has 0 radical (unpaired) electrons. The van der Waals surface area contributed by atoms with Gasteiger partial charge in [0.1, 0.15) is 5.60 Å². The Bertz CT molecular complexity index is 243. The van der Waals surface area contributed by atoms with Gasteiger partial charge in [-0.2, -0.15) is 0 Å². The Labute approximate surface area is 164 Å². The zero-order valence-corrected chi connectivity index (χ0v) is 16.1. The van der Waals surface area contributed by atoms with Gasteiger partial charge in [0.15, 0.2) is 0 Å². The molecular weight excluding hydrogens is 269 g/mol. The first-order chi connectivity index (χ1) is 5.78. The van der Waals surface area contributed by atoms with Crippen LogP contribution >= 0.6 is 0 Å². The quantitative estimate of drug-likeness (QED) is 0.390. The van der Waals surface area contributed by atoms with Gasteiger partial charge in [-0.3, -0.25) is 0 Å². The van der Waals surface area contributed by atoms with E-state index in [1.165, 1.54) is 0 Å². The smallest absolute Gasteiger partial charge is 0.742 e. The summed E-state index contributed by atoms with van der Waals surface area (Å²) in [5, 5.41) is 28.2. The molecule has 0 spiro atoms. The first kappa shape index (κ1) is 26.4. The molecule has 6 nitrogen and oxygen atoms in total. The van der Waals surface area contributed by atoms with E-state index in [2.05, 4.69) is 12.6 Å². The topological polar surface area (TPSA) is 118 Å². The number of rotatable bonds is 5. The Morgan fingerprint density at radius 1 is 1.06 bits per heavy atom. The first-order valence-electron chi connectivity index (χ1n) is 3.11. The maximum atomic E-state index is 10.3. The van der Waals surface area contributed by atoms with Crippen LogP contribution in [0.15, 0.2) is 0 Å². The number of hydrogen-bond donors (Lipinski definition) is 1. The molecule has 0 saturated carbocycles. The molecule has 0 aliphatic heterocycles. The molecule has 0 heterocycles. The number of carbonyl (C=O) groups excluding carboxylic acids is 3. The van der Waals surface area contributed by atoms with E-state index in [1.54, 1.807) is 0 Å². The molecule has 1 N–H and O–H groups in total. The third-order valence-corrected chi connectivity index (χ3v) is 1.40. The monoisotopic (exact) mass is 274 g/mol. The summed E-state index contributed by atoms with van der Waals surface area (Å²) < 4.78 is 0. The fourth-order valence-corrected chi connectivity index (χ4v) is 0.923. The van der Waals surface area contributed by atoms with Crippen LogP contribution in [-0.4, -0.2) is 27.8 Å². The van der Waals surface area contributed by atoms with Crippen LogP contribution in [0.25, 0.3) is 0 Å². The Morgan fingerprint density at radius 2 is 1.44 bits per heavy atom. The van der Waals surface area contributed by atoms with Gasteiger partial charge in [-0.1, -0.05) is 0 Å².